The number of thiazole rings is 1. The molecule has 4 nitrogen and oxygen atoms in total. The summed E-state index contributed by atoms with van der Waals surface area (Å²) in [6.45, 7) is 1.94. The number of hydrogen-bond donors (Lipinski definition) is 1. The molecule has 0 aliphatic heterocycles. The Hall–Kier alpha value is -1.24. The van der Waals surface area contributed by atoms with Gasteiger partial charge in [0.15, 0.2) is 9.84 Å². The number of hydrogen-bond acceptors (Lipinski definition) is 5. The normalized spacial score (nSPS) is 13.4. The number of aliphatic hydroxyl groups excluding tert-OH is 1. The molecule has 1 heterocycles. The van der Waals surface area contributed by atoms with Crippen molar-refractivity contribution >= 4 is 21.2 Å². The Bertz CT molecular complexity index is 618. The molecular weight excluding hydrogens is 282 g/mol. The highest BCUT2D eigenvalue weighted by molar-refractivity contribution is 7.90. The third-order valence-corrected chi connectivity index (χ3v) is 5.20. The highest BCUT2D eigenvalue weighted by Crippen LogP contribution is 2.18. The molecular formula is C13H15NO3S2. The number of rotatable bonds is 5. The minimum absolute atomic E-state index is 0.117. The van der Waals surface area contributed by atoms with Gasteiger partial charge in [-0.3, -0.25) is 0 Å². The Labute approximate surface area is 116 Å². The smallest absolute Gasteiger partial charge is 0.159 e. The molecule has 1 N–H and O–H groups in total. The van der Waals surface area contributed by atoms with Gasteiger partial charge in [-0.2, -0.15) is 0 Å². The Morgan fingerprint density at radius 2 is 2.00 bits per heavy atom. The summed E-state index contributed by atoms with van der Waals surface area (Å²) >= 11 is 1.30. The summed E-state index contributed by atoms with van der Waals surface area (Å²) in [6.07, 6.45) is 0.580. The topological polar surface area (TPSA) is 67.3 Å². The second-order valence-corrected chi connectivity index (χ2v) is 7.50. The van der Waals surface area contributed by atoms with Crippen LogP contribution >= 0.6 is 11.3 Å². The molecule has 1 aromatic heterocycles. The maximum absolute atomic E-state index is 12.0. The van der Waals surface area contributed by atoms with E-state index in [4.69, 9.17) is 0 Å². The average Bonchev–Trinajstić information content (AvgIpc) is 2.81. The van der Waals surface area contributed by atoms with Crippen LogP contribution in [0.5, 0.6) is 0 Å². The summed E-state index contributed by atoms with van der Waals surface area (Å²) in [7, 11) is -3.36. The molecule has 102 valence electrons. The molecule has 0 fully saturated rings. The van der Waals surface area contributed by atoms with Crippen LogP contribution in [0.15, 0.2) is 35.8 Å². The predicted molar refractivity (Wildman–Crippen MR) is 75.7 cm³/mol. The van der Waals surface area contributed by atoms with Gasteiger partial charge in [0, 0.05) is 11.6 Å². The predicted octanol–water partition coefficient (Wildman–Crippen LogP) is 2.10. The summed E-state index contributed by atoms with van der Waals surface area (Å²) in [5.41, 5.74) is 1.69. The van der Waals surface area contributed by atoms with Gasteiger partial charge in [-0.15, -0.1) is 11.3 Å². The fraction of sp³-hybridized carbons (Fsp3) is 0.308. The van der Waals surface area contributed by atoms with Crippen molar-refractivity contribution in [1.29, 1.82) is 0 Å². The number of aromatic nitrogens is 1. The van der Waals surface area contributed by atoms with Crippen molar-refractivity contribution in [2.75, 3.05) is 5.75 Å². The van der Waals surface area contributed by atoms with E-state index >= 15 is 0 Å². The van der Waals surface area contributed by atoms with Crippen LogP contribution in [0, 0.1) is 6.92 Å². The maximum Gasteiger partial charge on any atom is 0.159 e. The Morgan fingerprint density at radius 1 is 1.32 bits per heavy atom. The molecule has 0 aliphatic carbocycles. The van der Waals surface area contributed by atoms with Crippen LogP contribution < -0.4 is 0 Å². The molecule has 1 unspecified atom stereocenters. The third kappa shape index (κ3) is 4.12. The summed E-state index contributed by atoms with van der Waals surface area (Å²) in [5.74, 6) is -0.400. The largest absolute Gasteiger partial charge is 0.387 e. The number of sulfone groups is 1. The van der Waals surface area contributed by atoms with E-state index in [-0.39, 0.29) is 11.5 Å². The van der Waals surface area contributed by atoms with E-state index in [1.54, 1.807) is 23.7 Å². The van der Waals surface area contributed by atoms with Crippen LogP contribution in [0.4, 0.5) is 0 Å². The lowest BCUT2D eigenvalue weighted by Gasteiger charge is -2.11. The van der Waals surface area contributed by atoms with Crippen LogP contribution in [0.3, 0.4) is 0 Å². The number of nitrogens with zero attached hydrogens (tertiary/aromatic N) is 1. The lowest BCUT2D eigenvalue weighted by Crippen LogP contribution is -2.16. The standard InChI is InChI=1S/C13H15NO3S2/c1-10-2-4-11(5-3-10)12(15)8-19(16,17)9-13-14-6-7-18-13/h2-7,12,15H,8-9H2,1H3. The van der Waals surface area contributed by atoms with Crippen LogP contribution in [0.2, 0.25) is 0 Å². The van der Waals surface area contributed by atoms with E-state index in [0.717, 1.165) is 5.56 Å². The third-order valence-electron chi connectivity index (χ3n) is 2.70. The molecule has 0 saturated heterocycles. The van der Waals surface area contributed by atoms with Gasteiger partial charge in [0.25, 0.3) is 0 Å². The zero-order valence-electron chi connectivity index (χ0n) is 10.5. The lowest BCUT2D eigenvalue weighted by molar-refractivity contribution is 0.201. The van der Waals surface area contributed by atoms with E-state index in [0.29, 0.717) is 10.6 Å². The minimum Gasteiger partial charge on any atom is -0.387 e. The molecule has 0 bridgehead atoms. The number of aliphatic hydroxyl groups is 1. The quantitative estimate of drug-likeness (QED) is 0.917. The summed E-state index contributed by atoms with van der Waals surface area (Å²) in [4.78, 5) is 3.95. The van der Waals surface area contributed by atoms with Gasteiger partial charge in [-0.1, -0.05) is 29.8 Å². The number of benzene rings is 1. The first kappa shape index (κ1) is 14.2. The van der Waals surface area contributed by atoms with Crippen molar-refractivity contribution in [1.82, 2.24) is 4.98 Å². The van der Waals surface area contributed by atoms with Gasteiger partial charge < -0.3 is 5.11 Å². The minimum atomic E-state index is -3.36. The van der Waals surface area contributed by atoms with Crippen LogP contribution in [0.1, 0.15) is 22.2 Å². The van der Waals surface area contributed by atoms with E-state index in [2.05, 4.69) is 4.98 Å². The van der Waals surface area contributed by atoms with Crippen molar-refractivity contribution in [3.63, 3.8) is 0 Å². The van der Waals surface area contributed by atoms with Crippen LogP contribution in [-0.4, -0.2) is 24.3 Å². The Morgan fingerprint density at radius 3 is 2.58 bits per heavy atom. The SMILES string of the molecule is Cc1ccc(C(O)CS(=O)(=O)Cc2nccs2)cc1. The van der Waals surface area contributed by atoms with Gasteiger partial charge in [0.1, 0.15) is 10.8 Å². The van der Waals surface area contributed by atoms with E-state index < -0.39 is 15.9 Å². The Kier molecular flexibility index (Phi) is 4.34. The van der Waals surface area contributed by atoms with E-state index in [1.165, 1.54) is 11.3 Å². The zero-order valence-corrected chi connectivity index (χ0v) is 12.1. The van der Waals surface area contributed by atoms with Gasteiger partial charge in [0.2, 0.25) is 0 Å². The molecule has 0 saturated carbocycles. The molecule has 1 atom stereocenters. The van der Waals surface area contributed by atoms with Crippen molar-refractivity contribution in [2.45, 2.75) is 18.8 Å². The second kappa shape index (κ2) is 5.81. The summed E-state index contributed by atoms with van der Waals surface area (Å²) in [5, 5.41) is 12.3. The van der Waals surface area contributed by atoms with Crippen molar-refractivity contribution in [3.8, 4) is 0 Å². The monoisotopic (exact) mass is 297 g/mol. The molecule has 0 amide bonds. The van der Waals surface area contributed by atoms with Crippen molar-refractivity contribution in [2.24, 2.45) is 0 Å². The highest BCUT2D eigenvalue weighted by Gasteiger charge is 2.20. The average molecular weight is 297 g/mol. The van der Waals surface area contributed by atoms with Crippen molar-refractivity contribution < 1.29 is 13.5 Å². The van der Waals surface area contributed by atoms with Gasteiger partial charge in [-0.05, 0) is 12.5 Å². The van der Waals surface area contributed by atoms with E-state index in [1.807, 2.05) is 19.1 Å². The lowest BCUT2D eigenvalue weighted by atomic mass is 10.1. The number of aryl methyl sites for hydroxylation is 1. The van der Waals surface area contributed by atoms with Crippen LogP contribution in [0.25, 0.3) is 0 Å². The molecule has 6 heteroatoms. The second-order valence-electron chi connectivity index (χ2n) is 4.41. The maximum atomic E-state index is 12.0. The fourth-order valence-corrected chi connectivity index (χ4v) is 4.15. The summed E-state index contributed by atoms with van der Waals surface area (Å²) in [6, 6.07) is 7.20. The van der Waals surface area contributed by atoms with Gasteiger partial charge in [-0.25, -0.2) is 13.4 Å². The first-order valence-corrected chi connectivity index (χ1v) is 8.50. The molecule has 0 radical (unpaired) electrons. The Balaban J connectivity index is 2.05. The first-order chi connectivity index (χ1) is 8.96. The summed E-state index contributed by atoms with van der Waals surface area (Å²) < 4.78 is 23.9. The molecule has 19 heavy (non-hydrogen) atoms. The van der Waals surface area contributed by atoms with Crippen molar-refractivity contribution in [3.05, 3.63) is 52.0 Å². The molecule has 1 aromatic carbocycles. The highest BCUT2D eigenvalue weighted by atomic mass is 32.2. The molecule has 2 rings (SSSR count). The molecule has 0 spiro atoms. The van der Waals surface area contributed by atoms with Gasteiger partial charge >= 0.3 is 0 Å². The fourth-order valence-electron chi connectivity index (χ4n) is 1.70. The molecule has 2 aromatic rings. The zero-order chi connectivity index (χ0) is 13.9. The molecule has 0 aliphatic rings. The van der Waals surface area contributed by atoms with E-state index in [9.17, 15) is 13.5 Å². The van der Waals surface area contributed by atoms with Gasteiger partial charge in [0.05, 0.1) is 11.9 Å². The van der Waals surface area contributed by atoms with Crippen LogP contribution in [-0.2, 0) is 15.6 Å². The first-order valence-electron chi connectivity index (χ1n) is 5.80.